The summed E-state index contributed by atoms with van der Waals surface area (Å²) >= 11 is 1.38. The first-order valence-corrected chi connectivity index (χ1v) is 10.1. The molecule has 2 heterocycles. The van der Waals surface area contributed by atoms with Crippen LogP contribution in [0, 0.1) is 12.7 Å². The van der Waals surface area contributed by atoms with Crippen molar-refractivity contribution in [3.8, 4) is 17.0 Å². The number of benzene rings is 2. The zero-order valence-corrected chi connectivity index (χ0v) is 17.1. The molecule has 0 aliphatic carbocycles. The molecule has 0 saturated carbocycles. The molecule has 2 aromatic carbocycles. The first-order chi connectivity index (χ1) is 14.4. The van der Waals surface area contributed by atoms with E-state index in [0.29, 0.717) is 22.0 Å². The SMILES string of the molecule is Cc1cc(=O)n2c(-c3cccc(NC(=O)[C@H](C)Oc4cccc(F)c4)c3)csc2n1. The Hall–Kier alpha value is -3.52. The van der Waals surface area contributed by atoms with E-state index in [1.54, 1.807) is 42.5 Å². The van der Waals surface area contributed by atoms with Gasteiger partial charge in [0.15, 0.2) is 11.1 Å². The Bertz CT molecular complexity index is 1300. The van der Waals surface area contributed by atoms with Gasteiger partial charge in [-0.05, 0) is 38.1 Å². The second-order valence-electron chi connectivity index (χ2n) is 6.76. The van der Waals surface area contributed by atoms with Crippen molar-refractivity contribution < 1.29 is 13.9 Å². The molecule has 0 unspecified atom stereocenters. The smallest absolute Gasteiger partial charge is 0.265 e. The molecule has 30 heavy (non-hydrogen) atoms. The van der Waals surface area contributed by atoms with Gasteiger partial charge in [0.05, 0.1) is 5.69 Å². The van der Waals surface area contributed by atoms with E-state index in [-0.39, 0.29) is 17.2 Å². The van der Waals surface area contributed by atoms with E-state index >= 15 is 0 Å². The molecule has 1 atom stereocenters. The van der Waals surface area contributed by atoms with Crippen LogP contribution in [0.5, 0.6) is 5.75 Å². The van der Waals surface area contributed by atoms with Crippen LogP contribution >= 0.6 is 11.3 Å². The summed E-state index contributed by atoms with van der Waals surface area (Å²) in [6.07, 6.45) is -0.827. The van der Waals surface area contributed by atoms with Crippen molar-refractivity contribution in [3.05, 3.63) is 81.8 Å². The number of aryl methyl sites for hydroxylation is 1. The van der Waals surface area contributed by atoms with Gasteiger partial charge in [-0.1, -0.05) is 18.2 Å². The summed E-state index contributed by atoms with van der Waals surface area (Å²) in [5.41, 5.74) is 2.54. The van der Waals surface area contributed by atoms with E-state index in [4.69, 9.17) is 4.74 Å². The van der Waals surface area contributed by atoms with Crippen molar-refractivity contribution in [2.24, 2.45) is 0 Å². The van der Waals surface area contributed by atoms with Gasteiger partial charge in [-0.25, -0.2) is 9.37 Å². The summed E-state index contributed by atoms with van der Waals surface area (Å²) in [6, 6.07) is 14.3. The van der Waals surface area contributed by atoms with E-state index in [0.717, 1.165) is 5.56 Å². The monoisotopic (exact) mass is 423 g/mol. The third-order valence-corrected chi connectivity index (χ3v) is 5.26. The standard InChI is InChI=1S/C22H18FN3O3S/c1-13-9-20(27)26-19(12-30-22(26)24-13)15-5-3-7-17(10-15)25-21(28)14(2)29-18-8-4-6-16(23)11-18/h3-12,14H,1-2H3,(H,25,28)/t14-/m0/s1. The maximum Gasteiger partial charge on any atom is 0.265 e. The summed E-state index contributed by atoms with van der Waals surface area (Å²) in [5.74, 6) is -0.532. The molecule has 0 radical (unpaired) electrons. The maximum absolute atomic E-state index is 13.3. The average Bonchev–Trinajstić information content (AvgIpc) is 3.12. The molecule has 2 aromatic heterocycles. The number of carbonyl (C=O) groups excluding carboxylic acids is 1. The summed E-state index contributed by atoms with van der Waals surface area (Å²) in [7, 11) is 0. The molecule has 1 N–H and O–H groups in total. The van der Waals surface area contributed by atoms with Crippen molar-refractivity contribution in [1.82, 2.24) is 9.38 Å². The van der Waals surface area contributed by atoms with Gasteiger partial charge in [0.2, 0.25) is 0 Å². The molecule has 6 nitrogen and oxygen atoms in total. The minimum atomic E-state index is -0.827. The fourth-order valence-corrected chi connectivity index (χ4v) is 3.98. The average molecular weight is 423 g/mol. The lowest BCUT2D eigenvalue weighted by Gasteiger charge is -2.15. The predicted molar refractivity (Wildman–Crippen MR) is 115 cm³/mol. The van der Waals surface area contributed by atoms with Gasteiger partial charge in [0.25, 0.3) is 11.5 Å². The van der Waals surface area contributed by atoms with Crippen LogP contribution in [0.2, 0.25) is 0 Å². The van der Waals surface area contributed by atoms with Gasteiger partial charge < -0.3 is 10.1 Å². The lowest BCUT2D eigenvalue weighted by Crippen LogP contribution is -2.30. The van der Waals surface area contributed by atoms with E-state index in [9.17, 15) is 14.0 Å². The van der Waals surface area contributed by atoms with E-state index in [1.807, 2.05) is 11.4 Å². The van der Waals surface area contributed by atoms with Gasteiger partial charge in [0.1, 0.15) is 11.6 Å². The molecular formula is C22H18FN3O3S. The fourth-order valence-electron chi connectivity index (χ4n) is 3.03. The van der Waals surface area contributed by atoms with Crippen LogP contribution in [0.4, 0.5) is 10.1 Å². The lowest BCUT2D eigenvalue weighted by molar-refractivity contribution is -0.122. The molecule has 0 fully saturated rings. The first-order valence-electron chi connectivity index (χ1n) is 9.22. The number of aromatic nitrogens is 2. The third-order valence-electron chi connectivity index (χ3n) is 4.44. The zero-order chi connectivity index (χ0) is 21.3. The summed E-state index contributed by atoms with van der Waals surface area (Å²) in [5, 5.41) is 4.65. The number of nitrogens with zero attached hydrogens (tertiary/aromatic N) is 2. The van der Waals surface area contributed by atoms with Gasteiger partial charge in [-0.15, -0.1) is 11.3 Å². The Morgan fingerprint density at radius 2 is 2.00 bits per heavy atom. The Morgan fingerprint density at radius 3 is 2.80 bits per heavy atom. The molecule has 8 heteroatoms. The molecule has 0 aliphatic rings. The van der Waals surface area contributed by atoms with Crippen molar-refractivity contribution in [2.75, 3.05) is 5.32 Å². The summed E-state index contributed by atoms with van der Waals surface area (Å²) < 4.78 is 20.4. The van der Waals surface area contributed by atoms with Gasteiger partial charge in [-0.2, -0.15) is 0 Å². The molecule has 0 saturated heterocycles. The Balaban J connectivity index is 1.55. The fraction of sp³-hybridized carbons (Fsp3) is 0.136. The van der Waals surface area contributed by atoms with Crippen molar-refractivity contribution >= 4 is 27.9 Å². The van der Waals surface area contributed by atoms with Crippen LogP contribution in [0.3, 0.4) is 0 Å². The number of rotatable bonds is 5. The van der Waals surface area contributed by atoms with Crippen LogP contribution in [-0.4, -0.2) is 21.4 Å². The number of nitrogens with one attached hydrogen (secondary N) is 1. The zero-order valence-electron chi connectivity index (χ0n) is 16.3. The van der Waals surface area contributed by atoms with Crippen molar-refractivity contribution in [3.63, 3.8) is 0 Å². The topological polar surface area (TPSA) is 72.7 Å². The molecule has 0 bridgehead atoms. The minimum Gasteiger partial charge on any atom is -0.481 e. The molecule has 1 amide bonds. The molecule has 4 rings (SSSR count). The Kier molecular flexibility index (Phi) is 5.33. The van der Waals surface area contributed by atoms with Gasteiger partial charge in [0, 0.05) is 34.5 Å². The number of thiazole rings is 1. The highest BCUT2D eigenvalue weighted by molar-refractivity contribution is 7.15. The molecule has 152 valence electrons. The van der Waals surface area contributed by atoms with Crippen LogP contribution in [0.25, 0.3) is 16.2 Å². The second kappa shape index (κ2) is 8.08. The third kappa shape index (κ3) is 4.08. The minimum absolute atomic E-state index is 0.152. The van der Waals surface area contributed by atoms with Crippen LogP contribution in [0.1, 0.15) is 12.6 Å². The van der Waals surface area contributed by atoms with Crippen LogP contribution in [-0.2, 0) is 4.79 Å². The summed E-state index contributed by atoms with van der Waals surface area (Å²) in [6.45, 7) is 3.37. The number of halogens is 1. The van der Waals surface area contributed by atoms with E-state index in [2.05, 4.69) is 10.3 Å². The maximum atomic E-state index is 13.3. The van der Waals surface area contributed by atoms with Crippen LogP contribution in [0.15, 0.2) is 64.8 Å². The number of hydrogen-bond acceptors (Lipinski definition) is 5. The largest absolute Gasteiger partial charge is 0.481 e. The number of ether oxygens (including phenoxy) is 1. The highest BCUT2D eigenvalue weighted by Crippen LogP contribution is 2.26. The van der Waals surface area contributed by atoms with E-state index < -0.39 is 11.9 Å². The Labute approximate surface area is 175 Å². The summed E-state index contributed by atoms with van der Waals surface area (Å²) in [4.78, 5) is 29.9. The van der Waals surface area contributed by atoms with Crippen molar-refractivity contribution in [2.45, 2.75) is 20.0 Å². The number of fused-ring (bicyclic) bond motifs is 1. The van der Waals surface area contributed by atoms with Gasteiger partial charge in [-0.3, -0.25) is 14.0 Å². The Morgan fingerprint density at radius 1 is 1.20 bits per heavy atom. The van der Waals surface area contributed by atoms with Crippen LogP contribution < -0.4 is 15.6 Å². The highest BCUT2D eigenvalue weighted by atomic mass is 32.1. The molecule has 0 spiro atoms. The predicted octanol–water partition coefficient (Wildman–Crippen LogP) is 4.28. The molecule has 4 aromatic rings. The first kappa shape index (κ1) is 19.8. The molecular weight excluding hydrogens is 405 g/mol. The normalized spacial score (nSPS) is 12.0. The highest BCUT2D eigenvalue weighted by Gasteiger charge is 2.16. The lowest BCUT2D eigenvalue weighted by atomic mass is 10.1. The quantitative estimate of drug-likeness (QED) is 0.520. The number of amides is 1. The number of anilines is 1. The second-order valence-corrected chi connectivity index (χ2v) is 7.60. The molecule has 0 aliphatic heterocycles. The number of carbonyl (C=O) groups is 1. The van der Waals surface area contributed by atoms with Gasteiger partial charge >= 0.3 is 0 Å². The number of hydrogen-bond donors (Lipinski definition) is 1. The van der Waals surface area contributed by atoms with Crippen molar-refractivity contribution in [1.29, 1.82) is 0 Å². The van der Waals surface area contributed by atoms with E-state index in [1.165, 1.54) is 35.6 Å².